The van der Waals surface area contributed by atoms with Gasteiger partial charge in [-0.2, -0.15) is 0 Å². The highest BCUT2D eigenvalue weighted by Crippen LogP contribution is 2.57. The molecule has 3 heterocycles. The Morgan fingerprint density at radius 3 is 2.29 bits per heavy atom. The summed E-state index contributed by atoms with van der Waals surface area (Å²) in [5.41, 5.74) is 9.77. The molecule has 0 amide bonds. The van der Waals surface area contributed by atoms with Gasteiger partial charge in [-0.25, -0.2) is 4.79 Å². The molecule has 0 aliphatic carbocycles. The van der Waals surface area contributed by atoms with E-state index >= 15 is 0 Å². The van der Waals surface area contributed by atoms with Crippen LogP contribution >= 0.6 is 0 Å². The zero-order valence-electron chi connectivity index (χ0n) is 20.6. The average molecular weight is 485 g/mol. The largest absolute Gasteiger partial charge is 0.489 e. The average Bonchev–Trinajstić information content (AvgIpc) is 3.19. The Hall–Kier alpha value is -3.33. The number of likely N-dealkylation sites (N-methyl/N-ethyl adjacent to an activating group) is 1. The number of fused-ring (bicyclic) bond motifs is 3. The van der Waals surface area contributed by atoms with E-state index in [0.717, 1.165) is 29.8 Å². The van der Waals surface area contributed by atoms with E-state index in [4.69, 9.17) is 34.2 Å². The fourth-order valence-electron chi connectivity index (χ4n) is 5.22. The molecule has 2 unspecified atom stereocenters. The molecule has 3 aliphatic heterocycles. The van der Waals surface area contributed by atoms with Crippen molar-refractivity contribution in [1.29, 1.82) is 0 Å². The summed E-state index contributed by atoms with van der Waals surface area (Å²) in [7, 11) is 2.03. The fraction of sp³-hybridized carbons (Fsp3) is 0.500. The lowest BCUT2D eigenvalue weighted by Gasteiger charge is -2.38. The summed E-state index contributed by atoms with van der Waals surface area (Å²) in [5.74, 6) is 2.11. The number of anilines is 1. The number of nitrogen functional groups attached to an aromatic ring is 1. The molecule has 0 fully saturated rings. The first-order valence-corrected chi connectivity index (χ1v) is 12.2. The predicted molar refractivity (Wildman–Crippen MR) is 129 cm³/mol. The molecule has 0 saturated heterocycles. The number of rotatable bonds is 7. The van der Waals surface area contributed by atoms with Crippen LogP contribution in [0.5, 0.6) is 28.7 Å². The molecule has 2 N–H and O–H groups in total. The Balaban J connectivity index is 1.71. The van der Waals surface area contributed by atoms with Gasteiger partial charge in [0.25, 0.3) is 0 Å². The highest BCUT2D eigenvalue weighted by atomic mass is 16.6. The Morgan fingerprint density at radius 2 is 1.60 bits per heavy atom. The third-order valence-electron chi connectivity index (χ3n) is 6.65. The number of benzene rings is 2. The first kappa shape index (κ1) is 23.4. The molecule has 2 aromatic carbocycles. The van der Waals surface area contributed by atoms with Gasteiger partial charge in [0.1, 0.15) is 13.2 Å². The molecule has 188 valence electrons. The SMILES string of the molecule is CCOc1c(N)c2c(c(OCC)c1OCC)C(C1c3cc4c(cc3CCN1C)OCCO4)OC2=O. The minimum absolute atomic E-state index is 0.210. The summed E-state index contributed by atoms with van der Waals surface area (Å²) in [6.45, 7) is 8.55. The lowest BCUT2D eigenvalue weighted by atomic mass is 9.85. The highest BCUT2D eigenvalue weighted by molar-refractivity contribution is 6.03. The molecule has 0 spiro atoms. The van der Waals surface area contributed by atoms with Gasteiger partial charge in [0.2, 0.25) is 5.75 Å². The van der Waals surface area contributed by atoms with E-state index < -0.39 is 12.1 Å². The van der Waals surface area contributed by atoms with Crippen LogP contribution in [0.2, 0.25) is 0 Å². The number of hydrogen-bond donors (Lipinski definition) is 1. The molecule has 2 aromatic rings. The van der Waals surface area contributed by atoms with Gasteiger partial charge in [0.05, 0.1) is 42.7 Å². The van der Waals surface area contributed by atoms with Gasteiger partial charge < -0.3 is 34.2 Å². The number of carbonyl (C=O) groups excluding carboxylic acids is 1. The topological polar surface area (TPSA) is 102 Å². The van der Waals surface area contributed by atoms with Gasteiger partial charge in [0, 0.05) is 6.54 Å². The number of carbonyl (C=O) groups is 1. The van der Waals surface area contributed by atoms with E-state index in [2.05, 4.69) is 4.90 Å². The molecule has 9 heteroatoms. The third kappa shape index (κ3) is 3.78. The van der Waals surface area contributed by atoms with Crippen LogP contribution < -0.4 is 29.4 Å². The monoisotopic (exact) mass is 484 g/mol. The molecule has 0 saturated carbocycles. The molecular weight excluding hydrogens is 452 g/mol. The van der Waals surface area contributed by atoms with Gasteiger partial charge in [-0.15, -0.1) is 0 Å². The number of esters is 1. The van der Waals surface area contributed by atoms with E-state index in [1.807, 2.05) is 40.0 Å². The summed E-state index contributed by atoms with van der Waals surface area (Å²) in [4.78, 5) is 15.4. The minimum atomic E-state index is -0.650. The van der Waals surface area contributed by atoms with Crippen molar-refractivity contribution in [3.8, 4) is 28.7 Å². The summed E-state index contributed by atoms with van der Waals surface area (Å²) in [6.07, 6.45) is 0.197. The number of hydrogen-bond acceptors (Lipinski definition) is 9. The standard InChI is InChI=1S/C26H32N2O7/c1-5-30-23-19-18(20(27)24(31-6-2)25(23)32-7-3)26(29)35-22(19)21-15-13-17-16(33-10-11-34-17)12-14(15)8-9-28(21)4/h12-13,21-22H,5-11,27H2,1-4H3. The molecule has 2 atom stereocenters. The van der Waals surface area contributed by atoms with Crippen LogP contribution in [0.3, 0.4) is 0 Å². The quantitative estimate of drug-likeness (QED) is 0.466. The van der Waals surface area contributed by atoms with Crippen molar-refractivity contribution in [2.24, 2.45) is 0 Å². The maximum Gasteiger partial charge on any atom is 0.341 e. The summed E-state index contributed by atoms with van der Waals surface area (Å²) in [5, 5.41) is 0. The lowest BCUT2D eigenvalue weighted by molar-refractivity contribution is 0.00866. The van der Waals surface area contributed by atoms with Gasteiger partial charge in [-0.1, -0.05) is 0 Å². The van der Waals surface area contributed by atoms with Crippen LogP contribution in [0.4, 0.5) is 5.69 Å². The van der Waals surface area contributed by atoms with E-state index in [1.165, 1.54) is 0 Å². The van der Waals surface area contributed by atoms with E-state index in [-0.39, 0.29) is 17.3 Å². The second kappa shape index (κ2) is 9.37. The van der Waals surface area contributed by atoms with Gasteiger partial charge in [0.15, 0.2) is 29.1 Å². The minimum Gasteiger partial charge on any atom is -0.489 e. The first-order valence-electron chi connectivity index (χ1n) is 12.2. The van der Waals surface area contributed by atoms with Gasteiger partial charge >= 0.3 is 5.97 Å². The zero-order valence-corrected chi connectivity index (χ0v) is 20.6. The Labute approximate surface area is 205 Å². The molecule has 0 bridgehead atoms. The van der Waals surface area contributed by atoms with Crippen molar-refractivity contribution in [2.45, 2.75) is 39.3 Å². The van der Waals surface area contributed by atoms with Crippen LogP contribution in [0, 0.1) is 0 Å². The molecule has 9 nitrogen and oxygen atoms in total. The van der Waals surface area contributed by atoms with E-state index in [1.54, 1.807) is 0 Å². The van der Waals surface area contributed by atoms with Crippen molar-refractivity contribution in [1.82, 2.24) is 4.90 Å². The van der Waals surface area contributed by atoms with Crippen molar-refractivity contribution in [2.75, 3.05) is 52.4 Å². The number of cyclic esters (lactones) is 1. The van der Waals surface area contributed by atoms with Crippen molar-refractivity contribution in [3.05, 3.63) is 34.4 Å². The number of nitrogens with zero attached hydrogens (tertiary/aromatic N) is 1. The zero-order chi connectivity index (χ0) is 24.7. The second-order valence-corrected chi connectivity index (χ2v) is 8.68. The molecular formula is C26H32N2O7. The van der Waals surface area contributed by atoms with Crippen molar-refractivity contribution in [3.63, 3.8) is 0 Å². The van der Waals surface area contributed by atoms with Crippen molar-refractivity contribution >= 4 is 11.7 Å². The summed E-state index contributed by atoms with van der Waals surface area (Å²) >= 11 is 0. The Kier molecular flexibility index (Phi) is 6.27. The van der Waals surface area contributed by atoms with Crippen LogP contribution in [0.15, 0.2) is 12.1 Å². The Bertz CT molecular complexity index is 1150. The summed E-state index contributed by atoms with van der Waals surface area (Å²) in [6, 6.07) is 3.78. The fourth-order valence-corrected chi connectivity index (χ4v) is 5.22. The first-order chi connectivity index (χ1) is 17.0. The van der Waals surface area contributed by atoms with E-state index in [9.17, 15) is 4.79 Å². The normalized spacial score (nSPS) is 20.6. The van der Waals surface area contributed by atoms with Crippen LogP contribution in [0.1, 0.15) is 60.0 Å². The molecule has 5 rings (SSSR count). The summed E-state index contributed by atoms with van der Waals surface area (Å²) < 4.78 is 35.6. The highest BCUT2D eigenvalue weighted by Gasteiger charge is 2.47. The smallest absolute Gasteiger partial charge is 0.341 e. The Morgan fingerprint density at radius 1 is 0.971 bits per heavy atom. The van der Waals surface area contributed by atoms with Crippen LogP contribution in [-0.4, -0.2) is 57.5 Å². The number of nitrogens with two attached hydrogens (primary N) is 1. The lowest BCUT2D eigenvalue weighted by Crippen LogP contribution is -2.36. The maximum atomic E-state index is 13.3. The predicted octanol–water partition coefficient (Wildman–Crippen LogP) is 3.68. The molecule has 35 heavy (non-hydrogen) atoms. The second-order valence-electron chi connectivity index (χ2n) is 8.68. The molecule has 3 aliphatic rings. The van der Waals surface area contributed by atoms with E-state index in [0.29, 0.717) is 61.6 Å². The van der Waals surface area contributed by atoms with Crippen molar-refractivity contribution < 1.29 is 33.2 Å². The maximum absolute atomic E-state index is 13.3. The van der Waals surface area contributed by atoms with Gasteiger partial charge in [-0.3, -0.25) is 4.90 Å². The number of ether oxygens (including phenoxy) is 6. The third-order valence-corrected chi connectivity index (χ3v) is 6.65. The molecule has 0 radical (unpaired) electrons. The van der Waals surface area contributed by atoms with Gasteiger partial charge in [-0.05, 0) is 57.5 Å². The van der Waals surface area contributed by atoms with Crippen LogP contribution in [-0.2, 0) is 11.2 Å². The van der Waals surface area contributed by atoms with Crippen LogP contribution in [0.25, 0.3) is 0 Å². The molecule has 0 aromatic heterocycles.